The van der Waals surface area contributed by atoms with Gasteiger partial charge in [-0.15, -0.1) is 9.47 Å². The van der Waals surface area contributed by atoms with Crippen LogP contribution in [-0.4, -0.2) is 16.9 Å². The van der Waals surface area contributed by atoms with Crippen molar-refractivity contribution in [2.45, 2.75) is 19.8 Å². The molecule has 1 aromatic heterocycles. The SMILES string of the molecule is CCCc1ccc(N2C(=O)c3cnc4ccccc4[n+]3C2=O)cc1. The van der Waals surface area contributed by atoms with Crippen molar-refractivity contribution >= 4 is 28.7 Å². The maximum absolute atomic E-state index is 12.9. The Morgan fingerprint density at radius 2 is 1.79 bits per heavy atom. The van der Waals surface area contributed by atoms with E-state index < -0.39 is 0 Å². The van der Waals surface area contributed by atoms with Gasteiger partial charge in [-0.1, -0.05) is 37.6 Å². The standard InChI is InChI=1S/C19H16N3O2/c1-2-5-13-8-10-14(11-9-13)21-18(23)17-12-20-15-6-3-4-7-16(15)22(17)19(21)24/h3-4,6-12H,2,5H2,1H3/q+1. The van der Waals surface area contributed by atoms with E-state index in [4.69, 9.17) is 0 Å². The number of hydrogen-bond acceptors (Lipinski definition) is 3. The number of nitrogens with zero attached hydrogens (tertiary/aromatic N) is 3. The molecule has 2 heterocycles. The van der Waals surface area contributed by atoms with Crippen LogP contribution in [0.5, 0.6) is 0 Å². The second kappa shape index (κ2) is 5.53. The average molecular weight is 318 g/mol. The van der Waals surface area contributed by atoms with E-state index in [1.54, 1.807) is 6.07 Å². The molecule has 0 aliphatic carbocycles. The maximum Gasteiger partial charge on any atom is 0.512 e. The van der Waals surface area contributed by atoms with Crippen LogP contribution in [0.4, 0.5) is 10.5 Å². The summed E-state index contributed by atoms with van der Waals surface area (Å²) in [6.45, 7) is 2.12. The molecule has 0 spiro atoms. The lowest BCUT2D eigenvalue weighted by Crippen LogP contribution is -2.46. The Morgan fingerprint density at radius 1 is 1.04 bits per heavy atom. The molecule has 0 radical (unpaired) electrons. The number of anilines is 1. The molecule has 2 amide bonds. The minimum atomic E-state index is -0.364. The number of hydrogen-bond donors (Lipinski definition) is 0. The molecule has 24 heavy (non-hydrogen) atoms. The van der Waals surface area contributed by atoms with Crippen molar-refractivity contribution in [1.82, 2.24) is 4.98 Å². The summed E-state index contributed by atoms with van der Waals surface area (Å²) in [5.41, 5.74) is 3.38. The normalized spacial score (nSPS) is 13.6. The number of benzene rings is 2. The molecule has 5 nitrogen and oxygen atoms in total. The molecule has 2 aromatic carbocycles. The maximum atomic E-state index is 12.9. The van der Waals surface area contributed by atoms with Gasteiger partial charge in [0.1, 0.15) is 11.2 Å². The van der Waals surface area contributed by atoms with Crippen LogP contribution in [0.25, 0.3) is 11.0 Å². The summed E-state index contributed by atoms with van der Waals surface area (Å²) in [6.07, 6.45) is 3.50. The lowest BCUT2D eigenvalue weighted by Gasteiger charge is -2.05. The summed E-state index contributed by atoms with van der Waals surface area (Å²) < 4.78 is 1.44. The molecule has 0 N–H and O–H groups in total. The van der Waals surface area contributed by atoms with Gasteiger partial charge in [0, 0.05) is 0 Å². The average Bonchev–Trinajstić information content (AvgIpc) is 2.87. The highest BCUT2D eigenvalue weighted by molar-refractivity contribution is 6.21. The zero-order chi connectivity index (χ0) is 16.7. The monoisotopic (exact) mass is 318 g/mol. The third-order valence-electron chi connectivity index (χ3n) is 4.23. The van der Waals surface area contributed by atoms with E-state index >= 15 is 0 Å². The number of carbonyl (C=O) groups excluding carboxylic acids is 2. The number of carbonyl (C=O) groups is 2. The largest absolute Gasteiger partial charge is 0.512 e. The predicted octanol–water partition coefficient (Wildman–Crippen LogP) is 3.10. The minimum absolute atomic E-state index is 0.288. The zero-order valence-electron chi connectivity index (χ0n) is 13.3. The van der Waals surface area contributed by atoms with E-state index in [2.05, 4.69) is 11.9 Å². The summed E-state index contributed by atoms with van der Waals surface area (Å²) in [5.74, 6) is -0.346. The van der Waals surface area contributed by atoms with Crippen molar-refractivity contribution in [2.75, 3.05) is 4.90 Å². The Balaban J connectivity index is 1.80. The highest BCUT2D eigenvalue weighted by Crippen LogP contribution is 2.22. The second-order valence-corrected chi connectivity index (χ2v) is 5.81. The van der Waals surface area contributed by atoms with Crippen molar-refractivity contribution in [3.05, 3.63) is 66.0 Å². The van der Waals surface area contributed by atoms with Crippen molar-refractivity contribution < 1.29 is 14.2 Å². The zero-order valence-corrected chi connectivity index (χ0v) is 13.3. The van der Waals surface area contributed by atoms with Crippen LogP contribution in [0.2, 0.25) is 0 Å². The van der Waals surface area contributed by atoms with E-state index in [9.17, 15) is 9.59 Å². The topological polar surface area (TPSA) is 54.2 Å². The summed E-state index contributed by atoms with van der Waals surface area (Å²) in [4.78, 5) is 31.1. The Kier molecular flexibility index (Phi) is 3.34. The summed E-state index contributed by atoms with van der Waals surface area (Å²) >= 11 is 0. The van der Waals surface area contributed by atoms with Gasteiger partial charge in [0.15, 0.2) is 5.52 Å². The number of amides is 2. The van der Waals surface area contributed by atoms with Crippen molar-refractivity contribution in [2.24, 2.45) is 0 Å². The lowest BCUT2D eigenvalue weighted by atomic mass is 10.1. The Morgan fingerprint density at radius 3 is 2.54 bits per heavy atom. The molecule has 1 aliphatic rings. The Hall–Kier alpha value is -3.08. The molecule has 118 valence electrons. The van der Waals surface area contributed by atoms with Crippen molar-refractivity contribution in [3.63, 3.8) is 0 Å². The minimum Gasteiger partial charge on any atom is -0.248 e. The first-order chi connectivity index (χ1) is 11.7. The van der Waals surface area contributed by atoms with E-state index in [1.807, 2.05) is 42.5 Å². The lowest BCUT2D eigenvalue weighted by molar-refractivity contribution is -0.537. The van der Waals surface area contributed by atoms with Crippen molar-refractivity contribution in [1.29, 1.82) is 0 Å². The quantitative estimate of drug-likeness (QED) is 0.697. The van der Waals surface area contributed by atoms with Gasteiger partial charge in [-0.3, -0.25) is 0 Å². The van der Waals surface area contributed by atoms with Gasteiger partial charge in [0.25, 0.3) is 0 Å². The summed E-state index contributed by atoms with van der Waals surface area (Å²) in [7, 11) is 0. The smallest absolute Gasteiger partial charge is 0.248 e. The third kappa shape index (κ3) is 2.09. The van der Waals surface area contributed by atoms with Crippen LogP contribution in [0.1, 0.15) is 29.4 Å². The van der Waals surface area contributed by atoms with Gasteiger partial charge in [-0.05, 0) is 36.2 Å². The van der Waals surface area contributed by atoms with Crippen LogP contribution < -0.4 is 9.47 Å². The Bertz CT molecular complexity index is 964. The molecule has 4 rings (SSSR count). The van der Waals surface area contributed by atoms with Gasteiger partial charge in [-0.25, -0.2) is 9.78 Å². The van der Waals surface area contributed by atoms with Gasteiger partial charge < -0.3 is 0 Å². The molecular weight excluding hydrogens is 302 g/mol. The first-order valence-electron chi connectivity index (χ1n) is 7.98. The predicted molar refractivity (Wildman–Crippen MR) is 90.0 cm³/mol. The molecule has 0 unspecified atom stereocenters. The van der Waals surface area contributed by atoms with Crippen LogP contribution in [0.3, 0.4) is 0 Å². The molecule has 0 saturated heterocycles. The number of aryl methyl sites for hydroxylation is 1. The number of imide groups is 1. The Labute approximate surface area is 139 Å². The van der Waals surface area contributed by atoms with Crippen LogP contribution in [0.15, 0.2) is 54.7 Å². The van der Waals surface area contributed by atoms with Crippen LogP contribution >= 0.6 is 0 Å². The first-order valence-corrected chi connectivity index (χ1v) is 7.98. The molecule has 1 aliphatic heterocycles. The molecule has 3 aromatic rings. The van der Waals surface area contributed by atoms with Gasteiger partial charge in [0.05, 0.1) is 6.20 Å². The van der Waals surface area contributed by atoms with Gasteiger partial charge in [0.2, 0.25) is 5.69 Å². The first kappa shape index (κ1) is 14.5. The number of rotatable bonds is 3. The molecule has 0 atom stereocenters. The van der Waals surface area contributed by atoms with E-state index in [1.165, 1.54) is 21.2 Å². The van der Waals surface area contributed by atoms with E-state index in [-0.39, 0.29) is 17.6 Å². The fourth-order valence-electron chi connectivity index (χ4n) is 3.07. The van der Waals surface area contributed by atoms with Crippen LogP contribution in [0, 0.1) is 0 Å². The summed E-state index contributed by atoms with van der Waals surface area (Å²) in [5, 5.41) is 0. The molecule has 0 saturated carbocycles. The molecule has 0 bridgehead atoms. The third-order valence-corrected chi connectivity index (χ3v) is 4.23. The number of fused-ring (bicyclic) bond motifs is 3. The van der Waals surface area contributed by atoms with Gasteiger partial charge in [-0.2, -0.15) is 4.79 Å². The fourth-order valence-corrected chi connectivity index (χ4v) is 3.07. The second-order valence-electron chi connectivity index (χ2n) is 5.81. The molecule has 5 heteroatoms. The summed E-state index contributed by atoms with van der Waals surface area (Å²) in [6, 6.07) is 14.5. The van der Waals surface area contributed by atoms with E-state index in [0.29, 0.717) is 16.7 Å². The van der Waals surface area contributed by atoms with E-state index in [0.717, 1.165) is 12.8 Å². The number of aromatic nitrogens is 2. The number of para-hydroxylation sites is 2. The van der Waals surface area contributed by atoms with Gasteiger partial charge >= 0.3 is 11.9 Å². The molecule has 0 fully saturated rings. The fraction of sp³-hybridized carbons (Fsp3) is 0.158. The molecular formula is C19H16N3O2+. The highest BCUT2D eigenvalue weighted by Gasteiger charge is 2.48. The van der Waals surface area contributed by atoms with Crippen LogP contribution in [-0.2, 0) is 6.42 Å². The highest BCUT2D eigenvalue weighted by atomic mass is 16.2. The van der Waals surface area contributed by atoms with Crippen molar-refractivity contribution in [3.8, 4) is 0 Å².